The Bertz CT molecular complexity index is 258. The van der Waals surface area contributed by atoms with Crippen LogP contribution in [0, 0.1) is 0 Å². The Morgan fingerprint density at radius 2 is 2.23 bits per heavy atom. The minimum absolute atomic E-state index is 0.163. The van der Waals surface area contributed by atoms with E-state index in [2.05, 4.69) is 10.1 Å². The first-order chi connectivity index (χ1) is 6.15. The molecule has 1 atom stereocenters. The fourth-order valence-corrected chi connectivity index (χ4v) is 1.02. The van der Waals surface area contributed by atoms with Gasteiger partial charge in [0.25, 0.3) is 0 Å². The third-order valence-corrected chi connectivity index (χ3v) is 2.00. The average Bonchev–Trinajstić information content (AvgIpc) is 1.99. The zero-order valence-corrected chi connectivity index (χ0v) is 7.79. The topological polar surface area (TPSA) is 55.4 Å². The molecule has 72 valence electrons. The molecular formula is C9H13NO3. The summed E-state index contributed by atoms with van der Waals surface area (Å²) in [7, 11) is 1.30. The Kier molecular flexibility index (Phi) is 3.06. The van der Waals surface area contributed by atoms with E-state index in [9.17, 15) is 9.59 Å². The minimum atomic E-state index is -0.570. The van der Waals surface area contributed by atoms with E-state index in [-0.39, 0.29) is 5.91 Å². The quantitative estimate of drug-likeness (QED) is 0.644. The molecule has 1 N–H and O–H groups in total. The van der Waals surface area contributed by atoms with Crippen LogP contribution in [-0.2, 0) is 14.3 Å². The van der Waals surface area contributed by atoms with Gasteiger partial charge < -0.3 is 10.1 Å². The molecule has 1 amide bonds. The second kappa shape index (κ2) is 4.07. The van der Waals surface area contributed by atoms with E-state index in [4.69, 9.17) is 0 Å². The van der Waals surface area contributed by atoms with E-state index in [1.54, 1.807) is 6.92 Å². The summed E-state index contributed by atoms with van der Waals surface area (Å²) in [6.45, 7) is 1.60. The van der Waals surface area contributed by atoms with Crippen molar-refractivity contribution in [3.05, 3.63) is 11.6 Å². The molecule has 0 fully saturated rings. The number of esters is 1. The van der Waals surface area contributed by atoms with Crippen molar-refractivity contribution in [3.8, 4) is 0 Å². The second-order valence-corrected chi connectivity index (χ2v) is 2.99. The van der Waals surface area contributed by atoms with Crippen molar-refractivity contribution in [1.29, 1.82) is 0 Å². The second-order valence-electron chi connectivity index (χ2n) is 2.99. The predicted molar refractivity (Wildman–Crippen MR) is 46.9 cm³/mol. The number of methoxy groups -OCH3 is 1. The van der Waals surface area contributed by atoms with Crippen LogP contribution in [0.4, 0.5) is 0 Å². The number of allylic oxidation sites excluding steroid dienone is 1. The van der Waals surface area contributed by atoms with E-state index in [0.717, 1.165) is 18.4 Å². The molecular weight excluding hydrogens is 170 g/mol. The highest BCUT2D eigenvalue weighted by Crippen LogP contribution is 2.17. The first-order valence-corrected chi connectivity index (χ1v) is 4.23. The van der Waals surface area contributed by atoms with Crippen LogP contribution in [0.15, 0.2) is 11.6 Å². The van der Waals surface area contributed by atoms with Crippen LogP contribution in [-0.4, -0.2) is 25.0 Å². The summed E-state index contributed by atoms with van der Waals surface area (Å²) < 4.78 is 4.47. The summed E-state index contributed by atoms with van der Waals surface area (Å²) in [6, 6.07) is -0.570. The molecule has 0 saturated heterocycles. The fraction of sp³-hybridized carbons (Fsp3) is 0.556. The molecule has 4 nitrogen and oxygen atoms in total. The van der Waals surface area contributed by atoms with Crippen LogP contribution in [0.2, 0.25) is 0 Å². The standard InChI is InChI=1S/C9H13NO3/c1-6(9(12)13-2)10-8(11)7-4-3-5-7/h4,6H,3,5H2,1-2H3,(H,10,11)/t6-/m0/s1. The van der Waals surface area contributed by atoms with Crippen LogP contribution in [0.1, 0.15) is 19.8 Å². The fourth-order valence-electron chi connectivity index (χ4n) is 1.02. The third-order valence-electron chi connectivity index (χ3n) is 2.00. The number of amides is 1. The number of nitrogens with one attached hydrogen (secondary N) is 1. The van der Waals surface area contributed by atoms with Crippen molar-refractivity contribution >= 4 is 11.9 Å². The number of hydrogen-bond acceptors (Lipinski definition) is 3. The number of rotatable bonds is 3. The Morgan fingerprint density at radius 1 is 1.62 bits per heavy atom. The maximum Gasteiger partial charge on any atom is 0.328 e. The van der Waals surface area contributed by atoms with E-state index >= 15 is 0 Å². The van der Waals surface area contributed by atoms with E-state index in [0.29, 0.717) is 0 Å². The number of carbonyl (C=O) groups is 2. The molecule has 1 aliphatic rings. The van der Waals surface area contributed by atoms with Gasteiger partial charge in [-0.25, -0.2) is 4.79 Å². The molecule has 13 heavy (non-hydrogen) atoms. The molecule has 0 heterocycles. The van der Waals surface area contributed by atoms with E-state index in [1.165, 1.54) is 7.11 Å². The van der Waals surface area contributed by atoms with Gasteiger partial charge in [-0.15, -0.1) is 0 Å². The van der Waals surface area contributed by atoms with Crippen LogP contribution < -0.4 is 5.32 Å². The van der Waals surface area contributed by atoms with Gasteiger partial charge in [0.1, 0.15) is 6.04 Å². The summed E-state index contributed by atoms with van der Waals surface area (Å²) in [5.41, 5.74) is 0.760. The SMILES string of the molecule is COC(=O)[C@H](C)NC(=O)C1=CCC1. The molecule has 0 aromatic heterocycles. The lowest BCUT2D eigenvalue weighted by Gasteiger charge is -2.16. The highest BCUT2D eigenvalue weighted by Gasteiger charge is 2.20. The zero-order chi connectivity index (χ0) is 9.84. The first kappa shape index (κ1) is 9.77. The van der Waals surface area contributed by atoms with Gasteiger partial charge in [-0.1, -0.05) is 6.08 Å². The summed E-state index contributed by atoms with van der Waals surface area (Å²) >= 11 is 0. The molecule has 1 rings (SSSR count). The summed E-state index contributed by atoms with van der Waals surface area (Å²) in [4.78, 5) is 22.2. The molecule has 0 spiro atoms. The van der Waals surface area contributed by atoms with Gasteiger partial charge >= 0.3 is 5.97 Å². The van der Waals surface area contributed by atoms with Crippen LogP contribution in [0.25, 0.3) is 0 Å². The lowest BCUT2D eigenvalue weighted by molar-refractivity contribution is -0.144. The monoisotopic (exact) mass is 183 g/mol. The summed E-state index contributed by atoms with van der Waals surface area (Å²) in [5.74, 6) is -0.586. The Labute approximate surface area is 76.9 Å². The van der Waals surface area contributed by atoms with E-state index < -0.39 is 12.0 Å². The molecule has 0 unspecified atom stereocenters. The van der Waals surface area contributed by atoms with Crippen molar-refractivity contribution < 1.29 is 14.3 Å². The average molecular weight is 183 g/mol. The lowest BCUT2D eigenvalue weighted by atomic mass is 9.98. The van der Waals surface area contributed by atoms with Gasteiger partial charge in [0.05, 0.1) is 7.11 Å². The van der Waals surface area contributed by atoms with Crippen molar-refractivity contribution in [2.75, 3.05) is 7.11 Å². The van der Waals surface area contributed by atoms with Crippen LogP contribution in [0.3, 0.4) is 0 Å². The first-order valence-electron chi connectivity index (χ1n) is 4.23. The van der Waals surface area contributed by atoms with Gasteiger partial charge in [-0.3, -0.25) is 4.79 Å². The van der Waals surface area contributed by atoms with Crippen molar-refractivity contribution in [2.24, 2.45) is 0 Å². The highest BCUT2D eigenvalue weighted by molar-refractivity contribution is 5.96. The van der Waals surface area contributed by atoms with Gasteiger partial charge in [-0.2, -0.15) is 0 Å². The number of hydrogen-bond donors (Lipinski definition) is 1. The molecule has 0 aromatic carbocycles. The smallest absolute Gasteiger partial charge is 0.328 e. The van der Waals surface area contributed by atoms with Crippen molar-refractivity contribution in [1.82, 2.24) is 5.32 Å². The molecule has 1 aliphatic carbocycles. The molecule has 0 bridgehead atoms. The molecule has 0 aliphatic heterocycles. The van der Waals surface area contributed by atoms with Crippen LogP contribution >= 0.6 is 0 Å². The normalized spacial score (nSPS) is 16.6. The highest BCUT2D eigenvalue weighted by atomic mass is 16.5. The molecule has 0 saturated carbocycles. The van der Waals surface area contributed by atoms with Gasteiger partial charge in [0.15, 0.2) is 0 Å². The van der Waals surface area contributed by atoms with Gasteiger partial charge in [-0.05, 0) is 19.8 Å². The zero-order valence-electron chi connectivity index (χ0n) is 7.79. The Hall–Kier alpha value is -1.32. The van der Waals surface area contributed by atoms with Crippen LogP contribution in [0.5, 0.6) is 0 Å². The molecule has 4 heteroatoms. The van der Waals surface area contributed by atoms with Crippen molar-refractivity contribution in [3.63, 3.8) is 0 Å². The number of ether oxygens (including phenoxy) is 1. The Morgan fingerprint density at radius 3 is 2.62 bits per heavy atom. The maximum atomic E-state index is 11.3. The summed E-state index contributed by atoms with van der Waals surface area (Å²) in [6.07, 6.45) is 3.62. The predicted octanol–water partition coefficient (Wildman–Crippen LogP) is 0.384. The van der Waals surface area contributed by atoms with Gasteiger partial charge in [0.2, 0.25) is 5.91 Å². The third kappa shape index (κ3) is 2.31. The largest absolute Gasteiger partial charge is 0.467 e. The van der Waals surface area contributed by atoms with Crippen molar-refractivity contribution in [2.45, 2.75) is 25.8 Å². The van der Waals surface area contributed by atoms with Gasteiger partial charge in [0, 0.05) is 5.57 Å². The van der Waals surface area contributed by atoms with E-state index in [1.807, 2.05) is 6.08 Å². The molecule has 0 radical (unpaired) electrons. The maximum absolute atomic E-state index is 11.3. The minimum Gasteiger partial charge on any atom is -0.467 e. The lowest BCUT2D eigenvalue weighted by Crippen LogP contribution is -2.40. The number of carbonyl (C=O) groups excluding carboxylic acids is 2. The molecule has 0 aromatic rings. The summed E-state index contributed by atoms with van der Waals surface area (Å²) in [5, 5.41) is 2.55. The Balaban J connectivity index is 2.39.